The number of nitrogens with one attached hydrogen (secondary N) is 2. The molecule has 1 atom stereocenters. The first-order chi connectivity index (χ1) is 10.3. The summed E-state index contributed by atoms with van der Waals surface area (Å²) in [6.07, 6.45) is 6.23. The largest absolute Gasteiger partial charge is 0.357 e. The van der Waals surface area contributed by atoms with E-state index >= 15 is 0 Å². The van der Waals surface area contributed by atoms with Crippen LogP contribution in [0, 0.1) is 11.7 Å². The fourth-order valence-electron chi connectivity index (χ4n) is 2.34. The van der Waals surface area contributed by atoms with E-state index in [2.05, 4.69) is 15.0 Å². The van der Waals surface area contributed by atoms with Crippen molar-refractivity contribution in [2.45, 2.75) is 12.1 Å². The summed E-state index contributed by atoms with van der Waals surface area (Å²) in [6, 6.07) is 1.80. The van der Waals surface area contributed by atoms with Crippen LogP contribution in [-0.2, 0) is 16.8 Å². The van der Waals surface area contributed by atoms with Gasteiger partial charge in [-0.2, -0.15) is 0 Å². The average Bonchev–Trinajstić information content (AvgIpc) is 2.92. The van der Waals surface area contributed by atoms with Crippen LogP contribution in [-0.4, -0.2) is 30.0 Å². The quantitative estimate of drug-likeness (QED) is 0.701. The molecule has 0 saturated heterocycles. The van der Waals surface area contributed by atoms with Gasteiger partial charge in [0.2, 0.25) is 5.16 Å². The minimum Gasteiger partial charge on any atom is -0.357 e. The van der Waals surface area contributed by atoms with E-state index in [0.29, 0.717) is 11.2 Å². The molecule has 3 aromatic rings. The molecule has 22 heavy (non-hydrogen) atoms. The lowest BCUT2D eigenvalue weighted by Crippen LogP contribution is -2.17. The van der Waals surface area contributed by atoms with Crippen LogP contribution in [0.3, 0.4) is 0 Å². The van der Waals surface area contributed by atoms with Crippen molar-refractivity contribution in [2.24, 2.45) is 7.05 Å². The third-order valence-electron chi connectivity index (χ3n) is 3.45. The molecule has 8 heteroatoms. The first kappa shape index (κ1) is 14.5. The minimum atomic E-state index is -3.01. The Kier molecular flexibility index (Phi) is 3.13. The maximum absolute atomic E-state index is 12.1. The molecule has 0 amide bonds. The van der Waals surface area contributed by atoms with Crippen molar-refractivity contribution >= 4 is 20.6 Å². The van der Waals surface area contributed by atoms with Crippen molar-refractivity contribution in [3.63, 3.8) is 0 Å². The molecule has 3 aromatic heterocycles. The predicted molar refractivity (Wildman–Crippen MR) is 84.4 cm³/mol. The highest BCUT2D eigenvalue weighted by atomic mass is 32.2. The molecule has 0 aliphatic carbocycles. The van der Waals surface area contributed by atoms with Gasteiger partial charge in [0.1, 0.15) is 15.2 Å². The minimum absolute atomic E-state index is 0.00867. The molecular formula is C14H15N5O2S. The number of aromatic nitrogens is 4. The summed E-state index contributed by atoms with van der Waals surface area (Å²) in [6.45, 7) is 1.84. The van der Waals surface area contributed by atoms with Gasteiger partial charge in [0, 0.05) is 42.8 Å². The number of pyridine rings is 1. The van der Waals surface area contributed by atoms with E-state index in [1.165, 1.54) is 10.8 Å². The van der Waals surface area contributed by atoms with Gasteiger partial charge >= 0.3 is 0 Å². The van der Waals surface area contributed by atoms with Crippen LogP contribution in [0.2, 0.25) is 0 Å². The maximum atomic E-state index is 12.1. The number of H-pyrrole nitrogens is 1. The molecule has 0 spiro atoms. The zero-order valence-electron chi connectivity index (χ0n) is 12.4. The van der Waals surface area contributed by atoms with Crippen molar-refractivity contribution in [1.82, 2.24) is 19.5 Å². The number of aromatic amines is 1. The third-order valence-corrected chi connectivity index (χ3v) is 4.34. The smallest absolute Gasteiger partial charge is 0.274 e. The third kappa shape index (κ3) is 2.21. The lowest BCUT2D eigenvalue weighted by molar-refractivity contribution is 0.671. The molecule has 0 bridgehead atoms. The molecule has 0 aliphatic heterocycles. The predicted octanol–water partition coefficient (Wildman–Crippen LogP) is 1.67. The first-order valence-corrected chi connectivity index (χ1v) is 8.50. The molecule has 0 radical (unpaired) electrons. The Hall–Kier alpha value is -2.48. The van der Waals surface area contributed by atoms with Crippen LogP contribution in [0.15, 0.2) is 34.6 Å². The number of hydrogen-bond donors (Lipinski definition) is 2. The summed E-state index contributed by atoms with van der Waals surface area (Å²) in [7, 11) is -1.34. The van der Waals surface area contributed by atoms with Gasteiger partial charge in [-0.15, -0.1) is 0 Å². The van der Waals surface area contributed by atoms with Crippen LogP contribution in [0.5, 0.6) is 0 Å². The van der Waals surface area contributed by atoms with Gasteiger partial charge in [-0.25, -0.2) is 19.0 Å². The summed E-state index contributed by atoms with van der Waals surface area (Å²) < 4.78 is 21.0. The Labute approximate surface area is 127 Å². The normalized spacial score (nSPS) is 14.1. The van der Waals surface area contributed by atoms with E-state index in [1.807, 2.05) is 6.92 Å². The molecule has 0 fully saturated rings. The maximum Gasteiger partial charge on any atom is 0.274 e. The Bertz CT molecular complexity index is 1050. The van der Waals surface area contributed by atoms with E-state index in [-0.39, 0.29) is 10.7 Å². The monoisotopic (exact) mass is 317 g/mol. The topological polar surface area (TPSA) is 104 Å². The lowest BCUT2D eigenvalue weighted by atomic mass is 10.1. The second-order valence-corrected chi connectivity index (χ2v) is 7.31. The van der Waals surface area contributed by atoms with Crippen molar-refractivity contribution in [3.05, 3.63) is 40.6 Å². The Morgan fingerprint density at radius 1 is 1.41 bits per heavy atom. The summed E-state index contributed by atoms with van der Waals surface area (Å²) in [5, 5.41) is 0.731. The van der Waals surface area contributed by atoms with Gasteiger partial charge in [-0.3, -0.25) is 4.79 Å². The van der Waals surface area contributed by atoms with Crippen LogP contribution in [0.1, 0.15) is 5.56 Å². The average molecular weight is 317 g/mol. The summed E-state index contributed by atoms with van der Waals surface area (Å²) in [5.74, 6) is 0. The fraction of sp³-hybridized carbons (Fsp3) is 0.214. The van der Waals surface area contributed by atoms with Crippen LogP contribution in [0.4, 0.5) is 0 Å². The standard InChI is InChI=1S/C14H15N5O2S/c1-8-6-17-14(22(3,15)21)18-11(8)10-7-19(2)13(20)12-9(10)4-5-16-12/h4-7,15-16H,1-3H3. The van der Waals surface area contributed by atoms with Crippen molar-refractivity contribution in [3.8, 4) is 11.3 Å². The molecule has 1 unspecified atom stereocenters. The fourth-order valence-corrected chi connectivity index (χ4v) is 2.86. The van der Waals surface area contributed by atoms with E-state index in [0.717, 1.165) is 16.5 Å². The van der Waals surface area contributed by atoms with Crippen molar-refractivity contribution < 1.29 is 4.21 Å². The summed E-state index contributed by atoms with van der Waals surface area (Å²) >= 11 is 0. The van der Waals surface area contributed by atoms with Crippen molar-refractivity contribution in [1.29, 1.82) is 4.78 Å². The Morgan fingerprint density at radius 2 is 2.14 bits per heavy atom. The van der Waals surface area contributed by atoms with Crippen LogP contribution in [0.25, 0.3) is 22.2 Å². The molecular weight excluding hydrogens is 302 g/mol. The number of rotatable bonds is 2. The molecule has 3 heterocycles. The van der Waals surface area contributed by atoms with Gasteiger partial charge in [-0.05, 0) is 18.6 Å². The molecule has 7 nitrogen and oxygen atoms in total. The van der Waals surface area contributed by atoms with E-state index in [1.54, 1.807) is 31.7 Å². The number of hydrogen-bond acceptors (Lipinski definition) is 5. The lowest BCUT2D eigenvalue weighted by Gasteiger charge is -2.10. The molecule has 0 aliphatic rings. The Balaban J connectivity index is 2.40. The first-order valence-electron chi connectivity index (χ1n) is 6.53. The second-order valence-electron chi connectivity index (χ2n) is 5.25. The van der Waals surface area contributed by atoms with Crippen molar-refractivity contribution in [2.75, 3.05) is 6.26 Å². The highest BCUT2D eigenvalue weighted by molar-refractivity contribution is 7.91. The van der Waals surface area contributed by atoms with E-state index in [9.17, 15) is 9.00 Å². The van der Waals surface area contributed by atoms with Crippen LogP contribution < -0.4 is 5.56 Å². The molecule has 0 aromatic carbocycles. The second kappa shape index (κ2) is 4.77. The molecule has 0 saturated carbocycles. The van der Waals surface area contributed by atoms with Gasteiger partial charge in [0.15, 0.2) is 0 Å². The SMILES string of the molecule is Cc1cnc(S(C)(=N)=O)nc1-c1cn(C)c(=O)c2[nH]ccc12. The van der Waals surface area contributed by atoms with Gasteiger partial charge in [-0.1, -0.05) is 0 Å². The number of fused-ring (bicyclic) bond motifs is 1. The van der Waals surface area contributed by atoms with Crippen LogP contribution >= 0.6 is 0 Å². The van der Waals surface area contributed by atoms with Gasteiger partial charge in [0.05, 0.1) is 5.69 Å². The highest BCUT2D eigenvalue weighted by Crippen LogP contribution is 2.27. The molecule has 2 N–H and O–H groups in total. The number of aryl methyl sites for hydroxylation is 2. The van der Waals surface area contributed by atoms with Gasteiger partial charge in [0.25, 0.3) is 5.56 Å². The molecule has 114 valence electrons. The van der Waals surface area contributed by atoms with E-state index in [4.69, 9.17) is 4.78 Å². The van der Waals surface area contributed by atoms with E-state index < -0.39 is 9.73 Å². The van der Waals surface area contributed by atoms with Gasteiger partial charge < -0.3 is 9.55 Å². The molecule has 3 rings (SSSR count). The summed E-state index contributed by atoms with van der Waals surface area (Å²) in [4.78, 5) is 23.3. The zero-order chi connectivity index (χ0) is 16.1. The zero-order valence-corrected chi connectivity index (χ0v) is 13.2. The highest BCUT2D eigenvalue weighted by Gasteiger charge is 2.16. The number of nitrogens with zero attached hydrogens (tertiary/aromatic N) is 3. The Morgan fingerprint density at radius 3 is 2.82 bits per heavy atom. The summed E-state index contributed by atoms with van der Waals surface area (Å²) in [5.41, 5.74) is 2.46.